The molecule has 1 atom stereocenters. The number of hydrogen-bond acceptors (Lipinski definition) is 1. The zero-order valence-electron chi connectivity index (χ0n) is 16.6. The standard InChI is InChI=1S/C23H25N3O/c1-13(2)25-20-10-15(4)16(5)11-21(20)26(23(25)27)17(6)18-12-24-19-9-7-8-14(3)22(18)19/h7-12,17,24H,1H2,2-6H3. The molecular weight excluding hydrogens is 334 g/mol. The third kappa shape index (κ3) is 2.47. The molecule has 0 aliphatic rings. The van der Waals surface area contributed by atoms with E-state index in [-0.39, 0.29) is 11.7 Å². The first kappa shape index (κ1) is 17.4. The summed E-state index contributed by atoms with van der Waals surface area (Å²) in [6.07, 6.45) is 2.03. The average molecular weight is 359 g/mol. The molecule has 4 rings (SSSR count). The number of benzene rings is 2. The van der Waals surface area contributed by atoms with Gasteiger partial charge in [0, 0.05) is 28.4 Å². The quantitative estimate of drug-likeness (QED) is 0.529. The lowest BCUT2D eigenvalue weighted by Gasteiger charge is -2.14. The summed E-state index contributed by atoms with van der Waals surface area (Å²) in [5.74, 6) is 0. The number of nitrogens with one attached hydrogen (secondary N) is 1. The molecule has 0 fully saturated rings. The number of nitrogens with zero attached hydrogens (tertiary/aromatic N) is 2. The predicted octanol–water partition coefficient (Wildman–Crippen LogP) is 5.31. The van der Waals surface area contributed by atoms with Crippen molar-refractivity contribution in [2.45, 2.75) is 40.7 Å². The SMILES string of the molecule is C=C(C)n1c(=O)n(C(C)c2c[nH]c3cccc(C)c23)c2cc(C)c(C)cc21. The Kier molecular flexibility index (Phi) is 3.88. The highest BCUT2D eigenvalue weighted by molar-refractivity contribution is 5.87. The summed E-state index contributed by atoms with van der Waals surface area (Å²) < 4.78 is 3.62. The normalized spacial score (nSPS) is 12.8. The van der Waals surface area contributed by atoms with Crippen molar-refractivity contribution in [2.75, 3.05) is 0 Å². The van der Waals surface area contributed by atoms with E-state index in [1.165, 1.54) is 22.1 Å². The Hall–Kier alpha value is -3.01. The summed E-state index contributed by atoms with van der Waals surface area (Å²) in [6.45, 7) is 14.3. The molecule has 0 aliphatic carbocycles. The van der Waals surface area contributed by atoms with Crippen molar-refractivity contribution in [2.24, 2.45) is 0 Å². The molecule has 0 radical (unpaired) electrons. The van der Waals surface area contributed by atoms with Crippen molar-refractivity contribution in [1.82, 2.24) is 14.1 Å². The molecule has 1 unspecified atom stereocenters. The summed E-state index contributed by atoms with van der Waals surface area (Å²) >= 11 is 0. The van der Waals surface area contributed by atoms with E-state index in [1.807, 2.05) is 23.8 Å². The van der Waals surface area contributed by atoms with Crippen LogP contribution in [0.25, 0.3) is 27.6 Å². The number of hydrogen-bond donors (Lipinski definition) is 1. The Bertz CT molecular complexity index is 1270. The molecule has 2 aromatic carbocycles. The van der Waals surface area contributed by atoms with Gasteiger partial charge in [0.15, 0.2) is 0 Å². The zero-order valence-corrected chi connectivity index (χ0v) is 16.6. The largest absolute Gasteiger partial charge is 0.361 e. The average Bonchev–Trinajstić information content (AvgIpc) is 3.15. The van der Waals surface area contributed by atoms with Crippen LogP contribution in [0.2, 0.25) is 0 Å². The van der Waals surface area contributed by atoms with Crippen molar-refractivity contribution in [3.8, 4) is 0 Å². The van der Waals surface area contributed by atoms with E-state index in [0.717, 1.165) is 27.8 Å². The molecule has 0 saturated heterocycles. The molecule has 4 nitrogen and oxygen atoms in total. The summed E-state index contributed by atoms with van der Waals surface area (Å²) in [6, 6.07) is 10.3. The zero-order chi connectivity index (χ0) is 19.5. The van der Waals surface area contributed by atoms with E-state index in [0.29, 0.717) is 0 Å². The van der Waals surface area contributed by atoms with Gasteiger partial charge in [-0.15, -0.1) is 0 Å². The van der Waals surface area contributed by atoms with Crippen LogP contribution >= 0.6 is 0 Å². The van der Waals surface area contributed by atoms with Crippen LogP contribution in [-0.2, 0) is 0 Å². The number of fused-ring (bicyclic) bond motifs is 2. The molecule has 2 heterocycles. The predicted molar refractivity (Wildman–Crippen MR) is 114 cm³/mol. The second-order valence-corrected chi connectivity index (χ2v) is 7.57. The van der Waals surface area contributed by atoms with E-state index in [4.69, 9.17) is 0 Å². The van der Waals surface area contributed by atoms with Crippen molar-refractivity contribution in [3.63, 3.8) is 0 Å². The second-order valence-electron chi connectivity index (χ2n) is 7.57. The fraction of sp³-hybridized carbons (Fsp3) is 0.261. The number of aromatic nitrogens is 3. The van der Waals surface area contributed by atoms with Crippen molar-refractivity contribution >= 4 is 27.6 Å². The Morgan fingerprint density at radius 3 is 2.41 bits per heavy atom. The van der Waals surface area contributed by atoms with Gasteiger partial charge in [0.05, 0.1) is 17.1 Å². The van der Waals surface area contributed by atoms with E-state index in [9.17, 15) is 4.79 Å². The summed E-state index contributed by atoms with van der Waals surface area (Å²) in [5.41, 5.74) is 8.33. The lowest BCUT2D eigenvalue weighted by atomic mass is 10.0. The van der Waals surface area contributed by atoms with Crippen LogP contribution in [0.4, 0.5) is 0 Å². The summed E-state index contributed by atoms with van der Waals surface area (Å²) in [4.78, 5) is 16.7. The molecule has 0 spiro atoms. The summed E-state index contributed by atoms with van der Waals surface area (Å²) in [5, 5.41) is 1.19. The van der Waals surface area contributed by atoms with Gasteiger partial charge >= 0.3 is 5.69 Å². The van der Waals surface area contributed by atoms with Gasteiger partial charge in [-0.1, -0.05) is 18.7 Å². The Labute approximate surface area is 158 Å². The molecule has 27 heavy (non-hydrogen) atoms. The van der Waals surface area contributed by atoms with Gasteiger partial charge in [-0.3, -0.25) is 9.13 Å². The van der Waals surface area contributed by atoms with Gasteiger partial charge < -0.3 is 4.98 Å². The number of H-pyrrole nitrogens is 1. The van der Waals surface area contributed by atoms with Gasteiger partial charge in [0.2, 0.25) is 0 Å². The number of rotatable bonds is 3. The van der Waals surface area contributed by atoms with Crippen LogP contribution in [0.15, 0.2) is 47.9 Å². The second kappa shape index (κ2) is 6.02. The van der Waals surface area contributed by atoms with Crippen molar-refractivity contribution in [1.29, 1.82) is 0 Å². The highest BCUT2D eigenvalue weighted by Crippen LogP contribution is 2.31. The van der Waals surface area contributed by atoms with Crippen LogP contribution in [0.5, 0.6) is 0 Å². The maximum Gasteiger partial charge on any atom is 0.334 e. The molecule has 2 aromatic heterocycles. The van der Waals surface area contributed by atoms with Crippen LogP contribution in [0, 0.1) is 20.8 Å². The number of allylic oxidation sites excluding steroid dienone is 1. The molecule has 4 aromatic rings. The Balaban J connectivity index is 2.06. The minimum absolute atomic E-state index is 0.0436. The van der Waals surface area contributed by atoms with Crippen LogP contribution < -0.4 is 5.69 Å². The smallest absolute Gasteiger partial charge is 0.334 e. The maximum atomic E-state index is 13.4. The first-order valence-electron chi connectivity index (χ1n) is 9.28. The molecule has 138 valence electrons. The number of aryl methyl sites for hydroxylation is 3. The van der Waals surface area contributed by atoms with Gasteiger partial charge in [-0.2, -0.15) is 0 Å². The maximum absolute atomic E-state index is 13.4. The van der Waals surface area contributed by atoms with E-state index in [2.05, 4.69) is 63.5 Å². The Morgan fingerprint density at radius 1 is 1.07 bits per heavy atom. The van der Waals surface area contributed by atoms with Crippen molar-refractivity contribution in [3.05, 3.63) is 75.8 Å². The molecule has 0 bridgehead atoms. The fourth-order valence-electron chi connectivity index (χ4n) is 4.08. The van der Waals surface area contributed by atoms with Gasteiger partial charge in [-0.05, 0) is 69.5 Å². The highest BCUT2D eigenvalue weighted by atomic mass is 16.1. The van der Waals surface area contributed by atoms with Gasteiger partial charge in [0.25, 0.3) is 0 Å². The van der Waals surface area contributed by atoms with Gasteiger partial charge in [0.1, 0.15) is 0 Å². The lowest BCUT2D eigenvalue weighted by Crippen LogP contribution is -2.26. The molecule has 0 aliphatic heterocycles. The monoisotopic (exact) mass is 359 g/mol. The topological polar surface area (TPSA) is 42.7 Å². The van der Waals surface area contributed by atoms with Gasteiger partial charge in [-0.25, -0.2) is 4.79 Å². The fourth-order valence-corrected chi connectivity index (χ4v) is 4.08. The van der Waals surface area contributed by atoms with E-state index in [1.54, 1.807) is 4.57 Å². The molecule has 0 saturated carbocycles. The van der Waals surface area contributed by atoms with E-state index < -0.39 is 0 Å². The minimum atomic E-state index is -0.0995. The first-order chi connectivity index (χ1) is 12.8. The number of aromatic amines is 1. The Morgan fingerprint density at radius 2 is 1.74 bits per heavy atom. The number of imidazole rings is 1. The summed E-state index contributed by atoms with van der Waals surface area (Å²) in [7, 11) is 0. The first-order valence-corrected chi connectivity index (χ1v) is 9.28. The van der Waals surface area contributed by atoms with Crippen LogP contribution in [0.3, 0.4) is 0 Å². The van der Waals surface area contributed by atoms with Crippen LogP contribution in [0.1, 0.15) is 42.1 Å². The van der Waals surface area contributed by atoms with Crippen LogP contribution in [-0.4, -0.2) is 14.1 Å². The van der Waals surface area contributed by atoms with Crippen molar-refractivity contribution < 1.29 is 0 Å². The molecule has 4 heteroatoms. The highest BCUT2D eigenvalue weighted by Gasteiger charge is 2.22. The molecule has 0 amide bonds. The molecular formula is C23H25N3O. The third-order valence-corrected chi connectivity index (χ3v) is 5.65. The lowest BCUT2D eigenvalue weighted by molar-refractivity contribution is 0.631. The minimum Gasteiger partial charge on any atom is -0.361 e. The van der Waals surface area contributed by atoms with E-state index >= 15 is 0 Å². The third-order valence-electron chi connectivity index (χ3n) is 5.65. The molecule has 1 N–H and O–H groups in total.